The van der Waals surface area contributed by atoms with Crippen LogP contribution in [0.15, 0.2) is 24.7 Å². The minimum absolute atomic E-state index is 0.0913. The van der Waals surface area contributed by atoms with Gasteiger partial charge in [-0.05, 0) is 25.3 Å². The molecule has 0 saturated heterocycles. The maximum Gasteiger partial charge on any atom is 0.240 e. The van der Waals surface area contributed by atoms with Gasteiger partial charge in [0, 0.05) is 18.4 Å². The fourth-order valence-corrected chi connectivity index (χ4v) is 2.17. The Balaban J connectivity index is 1.91. The Morgan fingerprint density at radius 1 is 1.38 bits per heavy atom. The second-order valence-electron chi connectivity index (χ2n) is 4.14. The lowest BCUT2D eigenvalue weighted by Crippen LogP contribution is -2.33. The Labute approximate surface area is 93.2 Å². The lowest BCUT2D eigenvalue weighted by molar-refractivity contribution is 0.185. The van der Waals surface area contributed by atoms with E-state index in [0.29, 0.717) is 5.88 Å². The summed E-state index contributed by atoms with van der Waals surface area (Å²) in [5.41, 5.74) is 6.86. The molecule has 1 aliphatic carbocycles. The second kappa shape index (κ2) is 3.75. The van der Waals surface area contributed by atoms with E-state index in [2.05, 4.69) is 10.1 Å². The van der Waals surface area contributed by atoms with Crippen LogP contribution >= 0.6 is 0 Å². The number of nitrogens with two attached hydrogens (primary N) is 1. The summed E-state index contributed by atoms with van der Waals surface area (Å²) in [6, 6.07) is 2.02. The largest absolute Gasteiger partial charge is 0.471 e. The molecule has 2 unspecified atom stereocenters. The van der Waals surface area contributed by atoms with E-state index in [4.69, 9.17) is 10.5 Å². The number of fused-ring (bicyclic) bond motifs is 1. The highest BCUT2D eigenvalue weighted by Gasteiger charge is 2.26. The zero-order valence-electron chi connectivity index (χ0n) is 8.91. The van der Waals surface area contributed by atoms with Crippen molar-refractivity contribution in [3.63, 3.8) is 0 Å². The molecule has 0 radical (unpaired) electrons. The highest BCUT2D eigenvalue weighted by molar-refractivity contribution is 5.54. The normalized spacial score (nSPS) is 25.1. The van der Waals surface area contributed by atoms with Crippen molar-refractivity contribution in [1.29, 1.82) is 0 Å². The van der Waals surface area contributed by atoms with Gasteiger partial charge in [-0.3, -0.25) is 0 Å². The molecule has 2 heterocycles. The third kappa shape index (κ3) is 1.53. The quantitative estimate of drug-likeness (QED) is 0.816. The molecule has 3 rings (SSSR count). The molecule has 1 saturated carbocycles. The van der Waals surface area contributed by atoms with Crippen LogP contribution in [-0.2, 0) is 0 Å². The predicted molar refractivity (Wildman–Crippen MR) is 59.2 cm³/mol. The van der Waals surface area contributed by atoms with Crippen molar-refractivity contribution < 1.29 is 4.74 Å². The summed E-state index contributed by atoms with van der Waals surface area (Å²) >= 11 is 0. The Morgan fingerprint density at radius 2 is 2.31 bits per heavy atom. The third-order valence-corrected chi connectivity index (χ3v) is 3.06. The lowest BCUT2D eigenvalue weighted by atomic mass is 10.2. The van der Waals surface area contributed by atoms with Gasteiger partial charge < -0.3 is 10.5 Å². The molecule has 1 aliphatic rings. The van der Waals surface area contributed by atoms with Crippen LogP contribution in [0.1, 0.15) is 19.3 Å². The van der Waals surface area contributed by atoms with Gasteiger partial charge in [-0.1, -0.05) is 0 Å². The molecule has 5 heteroatoms. The van der Waals surface area contributed by atoms with E-state index in [1.54, 1.807) is 23.1 Å². The van der Waals surface area contributed by atoms with Crippen molar-refractivity contribution in [3.8, 4) is 5.88 Å². The summed E-state index contributed by atoms with van der Waals surface area (Å²) in [5, 5.41) is 4.14. The van der Waals surface area contributed by atoms with Gasteiger partial charge in [-0.25, -0.2) is 9.50 Å². The van der Waals surface area contributed by atoms with Crippen LogP contribution in [-0.4, -0.2) is 26.7 Å². The molecule has 2 atom stereocenters. The van der Waals surface area contributed by atoms with Gasteiger partial charge in [0.15, 0.2) is 0 Å². The van der Waals surface area contributed by atoms with Crippen LogP contribution < -0.4 is 10.5 Å². The molecule has 2 aromatic rings. The molecule has 16 heavy (non-hydrogen) atoms. The minimum Gasteiger partial charge on any atom is -0.471 e. The molecule has 5 nitrogen and oxygen atoms in total. The topological polar surface area (TPSA) is 65.4 Å². The van der Waals surface area contributed by atoms with E-state index in [0.717, 1.165) is 24.8 Å². The number of hydrogen-bond acceptors (Lipinski definition) is 4. The number of nitrogens with zero attached hydrogens (tertiary/aromatic N) is 3. The van der Waals surface area contributed by atoms with Gasteiger partial charge in [0.2, 0.25) is 5.88 Å². The molecule has 1 fully saturated rings. The molecule has 0 spiro atoms. The maximum atomic E-state index is 5.97. The Hall–Kier alpha value is -1.62. The molecule has 0 aliphatic heterocycles. The average molecular weight is 218 g/mol. The van der Waals surface area contributed by atoms with E-state index >= 15 is 0 Å². The highest BCUT2D eigenvalue weighted by atomic mass is 16.5. The maximum absolute atomic E-state index is 5.97. The monoisotopic (exact) mass is 218 g/mol. The van der Waals surface area contributed by atoms with Gasteiger partial charge in [0.05, 0.1) is 6.20 Å². The van der Waals surface area contributed by atoms with Crippen LogP contribution in [0.5, 0.6) is 5.88 Å². The highest BCUT2D eigenvalue weighted by Crippen LogP contribution is 2.24. The van der Waals surface area contributed by atoms with Gasteiger partial charge in [-0.15, -0.1) is 0 Å². The smallest absolute Gasteiger partial charge is 0.240 e. The molecule has 0 bridgehead atoms. The first-order valence-electron chi connectivity index (χ1n) is 5.55. The Morgan fingerprint density at radius 3 is 3.12 bits per heavy atom. The van der Waals surface area contributed by atoms with Crippen molar-refractivity contribution in [2.45, 2.75) is 31.4 Å². The molecule has 2 aromatic heterocycles. The standard InChI is InChI=1S/C11H14N4O/c12-8-2-1-3-10(8)16-11-9-4-5-14-15(9)7-6-13-11/h4-8,10H,1-3,12H2. The summed E-state index contributed by atoms with van der Waals surface area (Å²) < 4.78 is 7.62. The van der Waals surface area contributed by atoms with Crippen LogP contribution in [0, 0.1) is 0 Å². The molecule has 2 N–H and O–H groups in total. The lowest BCUT2D eigenvalue weighted by Gasteiger charge is -2.17. The summed E-state index contributed by atoms with van der Waals surface area (Å²) in [4.78, 5) is 4.24. The molecular formula is C11H14N4O. The second-order valence-corrected chi connectivity index (χ2v) is 4.14. The first kappa shape index (κ1) is 9.59. The fraction of sp³-hybridized carbons (Fsp3) is 0.455. The molecule has 0 aromatic carbocycles. The van der Waals surface area contributed by atoms with Gasteiger partial charge in [-0.2, -0.15) is 5.10 Å². The van der Waals surface area contributed by atoms with E-state index < -0.39 is 0 Å². The number of ether oxygens (including phenoxy) is 1. The Kier molecular flexibility index (Phi) is 2.25. The van der Waals surface area contributed by atoms with Crippen LogP contribution in [0.2, 0.25) is 0 Å². The zero-order valence-corrected chi connectivity index (χ0v) is 8.91. The summed E-state index contributed by atoms with van der Waals surface area (Å²) in [6.45, 7) is 0. The average Bonchev–Trinajstić information content (AvgIpc) is 2.89. The number of hydrogen-bond donors (Lipinski definition) is 1. The number of rotatable bonds is 2. The van der Waals surface area contributed by atoms with Crippen molar-refractivity contribution in [3.05, 3.63) is 24.7 Å². The minimum atomic E-state index is 0.0913. The summed E-state index contributed by atoms with van der Waals surface area (Å²) in [6.07, 6.45) is 8.50. The van der Waals surface area contributed by atoms with E-state index in [9.17, 15) is 0 Å². The van der Waals surface area contributed by atoms with Crippen molar-refractivity contribution in [2.24, 2.45) is 5.73 Å². The predicted octanol–water partition coefficient (Wildman–Crippen LogP) is 0.988. The fourth-order valence-electron chi connectivity index (χ4n) is 2.17. The van der Waals surface area contributed by atoms with Crippen LogP contribution in [0.4, 0.5) is 0 Å². The van der Waals surface area contributed by atoms with Gasteiger partial charge in [0.1, 0.15) is 11.6 Å². The summed E-state index contributed by atoms with van der Waals surface area (Å²) in [7, 11) is 0. The first-order chi connectivity index (χ1) is 7.84. The molecule has 84 valence electrons. The summed E-state index contributed by atoms with van der Waals surface area (Å²) in [5.74, 6) is 0.627. The van der Waals surface area contributed by atoms with Crippen molar-refractivity contribution in [2.75, 3.05) is 0 Å². The van der Waals surface area contributed by atoms with Gasteiger partial charge in [0.25, 0.3) is 0 Å². The van der Waals surface area contributed by atoms with E-state index in [1.165, 1.54) is 0 Å². The van der Waals surface area contributed by atoms with Crippen molar-refractivity contribution >= 4 is 5.52 Å². The zero-order chi connectivity index (χ0) is 11.0. The first-order valence-corrected chi connectivity index (χ1v) is 5.55. The number of aromatic nitrogens is 3. The van der Waals surface area contributed by atoms with E-state index in [-0.39, 0.29) is 12.1 Å². The third-order valence-electron chi connectivity index (χ3n) is 3.06. The van der Waals surface area contributed by atoms with Gasteiger partial charge >= 0.3 is 0 Å². The SMILES string of the molecule is NC1CCCC1Oc1nccn2nccc12. The molecule has 0 amide bonds. The molecular weight excluding hydrogens is 204 g/mol. The Bertz CT molecular complexity index is 495. The van der Waals surface area contributed by atoms with Crippen LogP contribution in [0.25, 0.3) is 5.52 Å². The van der Waals surface area contributed by atoms with Crippen molar-refractivity contribution in [1.82, 2.24) is 14.6 Å². The van der Waals surface area contributed by atoms with Crippen LogP contribution in [0.3, 0.4) is 0 Å². The van der Waals surface area contributed by atoms with E-state index in [1.807, 2.05) is 6.07 Å².